The summed E-state index contributed by atoms with van der Waals surface area (Å²) in [5.41, 5.74) is 2.22. The van der Waals surface area contributed by atoms with E-state index in [-0.39, 0.29) is 29.9 Å². The first kappa shape index (κ1) is 24.7. The Labute approximate surface area is 188 Å². The molecule has 2 rings (SSSR count). The zero-order valence-corrected chi connectivity index (χ0v) is 20.5. The summed E-state index contributed by atoms with van der Waals surface area (Å²) < 4.78 is 0. The van der Waals surface area contributed by atoms with Gasteiger partial charge in [-0.05, 0) is 49.3 Å². The van der Waals surface area contributed by atoms with Crippen LogP contribution in [0.1, 0.15) is 62.4 Å². The molecule has 1 fully saturated rings. The van der Waals surface area contributed by atoms with Gasteiger partial charge in [0.15, 0.2) is 5.96 Å². The van der Waals surface area contributed by atoms with Crippen LogP contribution in [0.5, 0.6) is 0 Å². The molecule has 1 atom stereocenters. The number of piperidine rings is 1. The second-order valence-corrected chi connectivity index (χ2v) is 8.15. The molecular formula is C22H37IN4O. The maximum absolute atomic E-state index is 12.0. The number of nitrogens with zero attached hydrogens (tertiary/aromatic N) is 3. The van der Waals surface area contributed by atoms with Crippen LogP contribution in [0.25, 0.3) is 0 Å². The van der Waals surface area contributed by atoms with Crippen molar-refractivity contribution in [2.45, 2.75) is 53.0 Å². The minimum Gasteiger partial charge on any atom is -0.357 e. The van der Waals surface area contributed by atoms with Crippen LogP contribution in [-0.2, 0) is 6.54 Å². The molecule has 1 saturated heterocycles. The summed E-state index contributed by atoms with van der Waals surface area (Å²) in [5.74, 6) is 1.04. The Hall–Kier alpha value is -1.31. The molecule has 1 heterocycles. The highest BCUT2D eigenvalue weighted by Gasteiger charge is 2.31. The summed E-state index contributed by atoms with van der Waals surface area (Å²) >= 11 is 0. The molecule has 1 N–H and O–H groups in total. The zero-order chi connectivity index (χ0) is 19.9. The van der Waals surface area contributed by atoms with E-state index >= 15 is 0 Å². The van der Waals surface area contributed by atoms with Gasteiger partial charge in [-0.3, -0.25) is 4.79 Å². The van der Waals surface area contributed by atoms with Crippen LogP contribution >= 0.6 is 24.0 Å². The fourth-order valence-electron chi connectivity index (χ4n) is 3.91. The number of amides is 1. The van der Waals surface area contributed by atoms with Gasteiger partial charge in [-0.15, -0.1) is 24.0 Å². The van der Waals surface area contributed by atoms with Gasteiger partial charge in [0.1, 0.15) is 0 Å². The Bertz CT molecular complexity index is 640. The minimum atomic E-state index is 0. The van der Waals surface area contributed by atoms with Gasteiger partial charge in [0.2, 0.25) is 0 Å². The van der Waals surface area contributed by atoms with Crippen molar-refractivity contribution in [3.63, 3.8) is 0 Å². The Morgan fingerprint density at radius 1 is 1.25 bits per heavy atom. The van der Waals surface area contributed by atoms with Crippen molar-refractivity contribution in [2.24, 2.45) is 10.4 Å². The topological polar surface area (TPSA) is 47.9 Å². The van der Waals surface area contributed by atoms with E-state index in [0.29, 0.717) is 17.5 Å². The number of halogens is 1. The molecule has 0 spiro atoms. The van der Waals surface area contributed by atoms with Crippen molar-refractivity contribution >= 4 is 35.8 Å². The molecule has 1 aromatic rings. The van der Waals surface area contributed by atoms with Crippen LogP contribution in [0.4, 0.5) is 0 Å². The molecule has 1 aromatic carbocycles. The van der Waals surface area contributed by atoms with Gasteiger partial charge in [0, 0.05) is 39.3 Å². The summed E-state index contributed by atoms with van der Waals surface area (Å²) in [6, 6.07) is 7.78. The van der Waals surface area contributed by atoms with E-state index in [0.717, 1.165) is 31.2 Å². The number of hydrogen-bond acceptors (Lipinski definition) is 2. The van der Waals surface area contributed by atoms with Crippen molar-refractivity contribution < 1.29 is 4.79 Å². The maximum Gasteiger partial charge on any atom is 0.253 e. The lowest BCUT2D eigenvalue weighted by molar-refractivity contribution is 0.0827. The fourth-order valence-corrected chi connectivity index (χ4v) is 3.91. The molecule has 0 aromatic heterocycles. The van der Waals surface area contributed by atoms with Gasteiger partial charge >= 0.3 is 0 Å². The number of likely N-dealkylation sites (tertiary alicyclic amines) is 1. The maximum atomic E-state index is 12.0. The summed E-state index contributed by atoms with van der Waals surface area (Å²) in [7, 11) is 3.54. The molecule has 1 amide bonds. The van der Waals surface area contributed by atoms with E-state index in [1.165, 1.54) is 25.7 Å². The van der Waals surface area contributed by atoms with Crippen LogP contribution in [0.3, 0.4) is 0 Å². The smallest absolute Gasteiger partial charge is 0.253 e. The Morgan fingerprint density at radius 3 is 2.50 bits per heavy atom. The van der Waals surface area contributed by atoms with E-state index in [1.807, 2.05) is 24.3 Å². The molecule has 0 aliphatic carbocycles. The van der Waals surface area contributed by atoms with Crippen molar-refractivity contribution in [3.8, 4) is 0 Å². The van der Waals surface area contributed by atoms with Crippen molar-refractivity contribution in [1.82, 2.24) is 15.1 Å². The highest BCUT2D eigenvalue weighted by molar-refractivity contribution is 14.0. The van der Waals surface area contributed by atoms with Gasteiger partial charge in [0.05, 0.1) is 6.54 Å². The SMILES string of the molecule is CCCC1(C)CCCN(C(=NCc2ccc(C(=O)N(C)C)cc2)NCC)C1.I. The average Bonchev–Trinajstić information content (AvgIpc) is 2.65. The lowest BCUT2D eigenvalue weighted by Gasteiger charge is -2.42. The molecule has 1 aliphatic rings. The number of carbonyl (C=O) groups excluding carboxylic acids is 1. The number of nitrogens with one attached hydrogen (secondary N) is 1. The summed E-state index contributed by atoms with van der Waals surface area (Å²) in [4.78, 5) is 20.9. The number of hydrogen-bond donors (Lipinski definition) is 1. The molecule has 158 valence electrons. The number of rotatable bonds is 6. The quantitative estimate of drug-likeness (QED) is 0.359. The third-order valence-corrected chi connectivity index (χ3v) is 5.29. The van der Waals surface area contributed by atoms with Crippen molar-refractivity contribution in [1.29, 1.82) is 0 Å². The van der Waals surface area contributed by atoms with Crippen LogP contribution in [-0.4, -0.2) is 55.4 Å². The van der Waals surface area contributed by atoms with Crippen molar-refractivity contribution in [3.05, 3.63) is 35.4 Å². The minimum absolute atomic E-state index is 0. The van der Waals surface area contributed by atoms with Gasteiger partial charge in [0.25, 0.3) is 5.91 Å². The van der Waals surface area contributed by atoms with Gasteiger partial charge in [-0.25, -0.2) is 4.99 Å². The van der Waals surface area contributed by atoms with Gasteiger partial charge in [-0.2, -0.15) is 0 Å². The van der Waals surface area contributed by atoms with Crippen molar-refractivity contribution in [2.75, 3.05) is 33.7 Å². The molecular weight excluding hydrogens is 463 g/mol. The van der Waals surface area contributed by atoms with Crippen LogP contribution < -0.4 is 5.32 Å². The summed E-state index contributed by atoms with van der Waals surface area (Å²) in [6.45, 7) is 10.4. The number of carbonyl (C=O) groups is 1. The number of aliphatic imine (C=N–C) groups is 1. The monoisotopic (exact) mass is 500 g/mol. The third kappa shape index (κ3) is 6.94. The third-order valence-electron chi connectivity index (χ3n) is 5.29. The predicted molar refractivity (Wildman–Crippen MR) is 129 cm³/mol. The molecule has 28 heavy (non-hydrogen) atoms. The molecule has 1 aliphatic heterocycles. The highest BCUT2D eigenvalue weighted by Crippen LogP contribution is 2.33. The average molecular weight is 500 g/mol. The number of benzene rings is 1. The van der Waals surface area contributed by atoms with E-state index < -0.39 is 0 Å². The molecule has 0 bridgehead atoms. The normalized spacial score (nSPS) is 19.8. The van der Waals surface area contributed by atoms with Crippen LogP contribution in [0.2, 0.25) is 0 Å². The first-order chi connectivity index (χ1) is 12.9. The molecule has 0 saturated carbocycles. The first-order valence-electron chi connectivity index (χ1n) is 10.2. The Balaban J connectivity index is 0.00000392. The standard InChI is InChI=1S/C22H36N4O.HI/c1-6-13-22(3)14-8-15-26(17-22)21(23-7-2)24-16-18-9-11-19(12-10-18)20(27)25(4)5;/h9-12H,6-8,13-17H2,1-5H3,(H,23,24);1H. The molecule has 5 nitrogen and oxygen atoms in total. The van der Waals surface area contributed by atoms with E-state index in [9.17, 15) is 4.79 Å². The summed E-state index contributed by atoms with van der Waals surface area (Å²) in [5, 5.41) is 3.46. The zero-order valence-electron chi connectivity index (χ0n) is 18.1. The molecule has 1 unspecified atom stereocenters. The predicted octanol–water partition coefficient (Wildman–Crippen LogP) is 4.37. The number of guanidine groups is 1. The largest absolute Gasteiger partial charge is 0.357 e. The van der Waals surface area contributed by atoms with Gasteiger partial charge < -0.3 is 15.1 Å². The van der Waals surface area contributed by atoms with E-state index in [4.69, 9.17) is 4.99 Å². The lowest BCUT2D eigenvalue weighted by Crippen LogP contribution is -2.49. The fraction of sp³-hybridized carbons (Fsp3) is 0.636. The summed E-state index contributed by atoms with van der Waals surface area (Å²) in [6.07, 6.45) is 5.03. The Morgan fingerprint density at radius 2 is 1.93 bits per heavy atom. The van der Waals surface area contributed by atoms with E-state index in [1.54, 1.807) is 19.0 Å². The second kappa shape index (κ2) is 11.6. The molecule has 6 heteroatoms. The van der Waals surface area contributed by atoms with Crippen LogP contribution in [0.15, 0.2) is 29.3 Å². The van der Waals surface area contributed by atoms with Gasteiger partial charge in [-0.1, -0.05) is 32.4 Å². The van der Waals surface area contributed by atoms with E-state index in [2.05, 4.69) is 31.0 Å². The Kier molecular flexibility index (Phi) is 10.3. The van der Waals surface area contributed by atoms with Crippen LogP contribution in [0, 0.1) is 5.41 Å². The lowest BCUT2D eigenvalue weighted by atomic mass is 9.78. The first-order valence-corrected chi connectivity index (χ1v) is 10.2. The second-order valence-electron chi connectivity index (χ2n) is 8.15. The highest BCUT2D eigenvalue weighted by atomic mass is 127. The molecule has 0 radical (unpaired) electrons.